The number of methoxy groups -OCH3 is 1. The van der Waals surface area contributed by atoms with Crippen molar-refractivity contribution in [2.24, 2.45) is 0 Å². The number of hydrogen-bond donors (Lipinski definition) is 1. The highest BCUT2D eigenvalue weighted by Crippen LogP contribution is 2.29. The van der Waals surface area contributed by atoms with Gasteiger partial charge in [-0.15, -0.1) is 11.8 Å². The fourth-order valence-corrected chi connectivity index (χ4v) is 3.89. The van der Waals surface area contributed by atoms with Gasteiger partial charge in [-0.25, -0.2) is 4.98 Å². The molecule has 0 saturated carbocycles. The summed E-state index contributed by atoms with van der Waals surface area (Å²) in [4.78, 5) is 18.5. The summed E-state index contributed by atoms with van der Waals surface area (Å²) in [6, 6.07) is 15.6. The van der Waals surface area contributed by atoms with Crippen molar-refractivity contribution >= 4 is 28.6 Å². The Bertz CT molecular complexity index is 937. The molecule has 2 aromatic carbocycles. The highest BCUT2D eigenvalue weighted by molar-refractivity contribution is 7.99. The Labute approximate surface area is 143 Å². The number of rotatable bonds is 4. The topological polar surface area (TPSA) is 56.1 Å². The van der Waals surface area contributed by atoms with E-state index in [1.54, 1.807) is 23.4 Å². The summed E-state index contributed by atoms with van der Waals surface area (Å²) in [6.07, 6.45) is 0. The number of ether oxygens (including phenoxy) is 1. The maximum absolute atomic E-state index is 12.8. The van der Waals surface area contributed by atoms with Crippen LogP contribution in [0.2, 0.25) is 0 Å². The minimum absolute atomic E-state index is 0.0286. The van der Waals surface area contributed by atoms with Gasteiger partial charge in [0.25, 0.3) is 5.56 Å². The van der Waals surface area contributed by atoms with E-state index in [-0.39, 0.29) is 11.6 Å². The first-order valence-electron chi connectivity index (χ1n) is 7.78. The molecule has 0 unspecified atom stereocenters. The average molecular weight is 339 g/mol. The Hall–Kier alpha value is -2.47. The van der Waals surface area contributed by atoms with Crippen molar-refractivity contribution in [2.45, 2.75) is 10.9 Å². The largest absolute Gasteiger partial charge is 0.497 e. The van der Waals surface area contributed by atoms with Crippen LogP contribution in [0.1, 0.15) is 6.04 Å². The van der Waals surface area contributed by atoms with Crippen molar-refractivity contribution in [1.82, 2.24) is 9.55 Å². The lowest BCUT2D eigenvalue weighted by atomic mass is 10.2. The molecule has 0 radical (unpaired) electrons. The summed E-state index contributed by atoms with van der Waals surface area (Å²) < 4.78 is 6.97. The molecule has 1 aliphatic heterocycles. The fourth-order valence-electron chi connectivity index (χ4n) is 2.91. The molecule has 0 amide bonds. The molecular formula is C18H17N3O2S. The molecule has 5 nitrogen and oxygen atoms in total. The van der Waals surface area contributed by atoms with Crippen molar-refractivity contribution in [3.05, 3.63) is 58.9 Å². The fraction of sp³-hybridized carbons (Fsp3) is 0.222. The quantitative estimate of drug-likeness (QED) is 0.740. The van der Waals surface area contributed by atoms with Crippen molar-refractivity contribution in [3.63, 3.8) is 0 Å². The Kier molecular flexibility index (Phi) is 3.90. The standard InChI is InChI=1S/C18H17N3O2S/c1-23-13-6-8-14(9-7-13)24-11-12-10-19-18-20-16-5-3-2-4-15(16)17(22)21(12)18/h2-9,12H,10-11H2,1H3,(H,19,20)/t12-/m0/s1. The van der Waals surface area contributed by atoms with Gasteiger partial charge in [-0.1, -0.05) is 12.1 Å². The number of nitrogens with one attached hydrogen (secondary N) is 1. The molecule has 24 heavy (non-hydrogen) atoms. The second-order valence-electron chi connectivity index (χ2n) is 5.65. The summed E-state index contributed by atoms with van der Waals surface area (Å²) in [5.74, 6) is 2.32. The number of aromatic nitrogens is 2. The molecule has 0 fully saturated rings. The lowest BCUT2D eigenvalue weighted by molar-refractivity contribution is 0.414. The number of hydrogen-bond acceptors (Lipinski definition) is 5. The predicted molar refractivity (Wildman–Crippen MR) is 97.2 cm³/mol. The van der Waals surface area contributed by atoms with E-state index in [2.05, 4.69) is 10.3 Å². The lowest BCUT2D eigenvalue weighted by Crippen LogP contribution is -2.24. The number of benzene rings is 2. The van der Waals surface area contributed by atoms with Gasteiger partial charge in [0.2, 0.25) is 5.95 Å². The van der Waals surface area contributed by atoms with E-state index < -0.39 is 0 Å². The summed E-state index contributed by atoms with van der Waals surface area (Å²) in [5.41, 5.74) is 0.769. The molecule has 3 aromatic rings. The SMILES string of the molecule is COc1ccc(SC[C@@H]2CNc3nc4ccccc4c(=O)n32)cc1. The maximum atomic E-state index is 12.8. The molecule has 0 bridgehead atoms. The third kappa shape index (κ3) is 2.63. The maximum Gasteiger partial charge on any atom is 0.263 e. The third-order valence-electron chi connectivity index (χ3n) is 4.17. The van der Waals surface area contributed by atoms with Crippen molar-refractivity contribution < 1.29 is 4.74 Å². The van der Waals surface area contributed by atoms with Crippen LogP contribution in [-0.2, 0) is 0 Å². The van der Waals surface area contributed by atoms with Gasteiger partial charge in [0.05, 0.1) is 24.1 Å². The Morgan fingerprint density at radius 2 is 2.04 bits per heavy atom. The average Bonchev–Trinajstić information content (AvgIpc) is 3.04. The number of anilines is 1. The van der Waals surface area contributed by atoms with E-state index >= 15 is 0 Å². The Morgan fingerprint density at radius 1 is 1.25 bits per heavy atom. The van der Waals surface area contributed by atoms with Gasteiger partial charge >= 0.3 is 0 Å². The van der Waals surface area contributed by atoms with Crippen LogP contribution in [0.5, 0.6) is 5.75 Å². The van der Waals surface area contributed by atoms with Gasteiger partial charge in [-0.05, 0) is 36.4 Å². The normalized spacial score (nSPS) is 16.0. The first kappa shape index (κ1) is 15.1. The Balaban J connectivity index is 1.59. The summed E-state index contributed by atoms with van der Waals surface area (Å²) in [5, 5.41) is 3.93. The van der Waals surface area contributed by atoms with Crippen LogP contribution in [0.4, 0.5) is 5.95 Å². The monoisotopic (exact) mass is 339 g/mol. The lowest BCUT2D eigenvalue weighted by Gasteiger charge is -2.13. The molecule has 6 heteroatoms. The van der Waals surface area contributed by atoms with Crippen molar-refractivity contribution in [1.29, 1.82) is 0 Å². The smallest absolute Gasteiger partial charge is 0.263 e. The molecular weight excluding hydrogens is 322 g/mol. The van der Waals surface area contributed by atoms with Gasteiger partial charge in [0.1, 0.15) is 5.75 Å². The first-order valence-corrected chi connectivity index (χ1v) is 8.77. The molecule has 1 atom stereocenters. The number of para-hydroxylation sites is 1. The summed E-state index contributed by atoms with van der Waals surface area (Å²) >= 11 is 1.73. The van der Waals surface area contributed by atoms with E-state index in [1.165, 1.54) is 0 Å². The highest BCUT2D eigenvalue weighted by Gasteiger charge is 2.25. The van der Waals surface area contributed by atoms with Crippen molar-refractivity contribution in [2.75, 3.05) is 24.7 Å². The second-order valence-corrected chi connectivity index (χ2v) is 6.74. The zero-order valence-corrected chi connectivity index (χ0v) is 14.0. The Morgan fingerprint density at radius 3 is 2.83 bits per heavy atom. The van der Waals surface area contributed by atoms with Crippen LogP contribution in [0.25, 0.3) is 10.9 Å². The van der Waals surface area contributed by atoms with E-state index in [9.17, 15) is 4.79 Å². The third-order valence-corrected chi connectivity index (χ3v) is 5.33. The minimum Gasteiger partial charge on any atom is -0.497 e. The zero-order valence-electron chi connectivity index (χ0n) is 13.2. The van der Waals surface area contributed by atoms with Crippen LogP contribution in [0.3, 0.4) is 0 Å². The van der Waals surface area contributed by atoms with Crippen LogP contribution < -0.4 is 15.6 Å². The zero-order chi connectivity index (χ0) is 16.5. The first-order chi connectivity index (χ1) is 11.8. The van der Waals surface area contributed by atoms with Crippen LogP contribution in [-0.4, -0.2) is 29.0 Å². The van der Waals surface area contributed by atoms with E-state index in [4.69, 9.17) is 4.74 Å². The molecule has 2 heterocycles. The molecule has 4 rings (SSSR count). The van der Waals surface area contributed by atoms with Crippen LogP contribution in [0.15, 0.2) is 58.2 Å². The molecule has 0 saturated heterocycles. The molecule has 1 N–H and O–H groups in total. The van der Waals surface area contributed by atoms with Crippen LogP contribution in [0, 0.1) is 0 Å². The van der Waals surface area contributed by atoms with Crippen molar-refractivity contribution in [3.8, 4) is 5.75 Å². The highest BCUT2D eigenvalue weighted by atomic mass is 32.2. The minimum atomic E-state index is 0.0286. The number of nitrogens with zero attached hydrogens (tertiary/aromatic N) is 2. The predicted octanol–water partition coefficient (Wildman–Crippen LogP) is 3.16. The number of thioether (sulfide) groups is 1. The molecule has 0 spiro atoms. The van der Waals surface area contributed by atoms with E-state index in [0.29, 0.717) is 11.3 Å². The van der Waals surface area contributed by atoms with Crippen LogP contribution >= 0.6 is 11.8 Å². The van der Waals surface area contributed by atoms with Gasteiger partial charge in [0, 0.05) is 17.2 Å². The second kappa shape index (κ2) is 6.20. The number of fused-ring (bicyclic) bond motifs is 2. The molecule has 122 valence electrons. The van der Waals surface area contributed by atoms with Gasteiger partial charge in [0.15, 0.2) is 0 Å². The van der Waals surface area contributed by atoms with E-state index in [1.807, 2.05) is 48.5 Å². The van der Waals surface area contributed by atoms with E-state index in [0.717, 1.165) is 28.5 Å². The molecule has 1 aromatic heterocycles. The molecule has 0 aliphatic carbocycles. The molecule has 1 aliphatic rings. The van der Waals surface area contributed by atoms with Gasteiger partial charge in [-0.3, -0.25) is 9.36 Å². The van der Waals surface area contributed by atoms with Gasteiger partial charge < -0.3 is 10.1 Å². The summed E-state index contributed by atoms with van der Waals surface area (Å²) in [6.45, 7) is 0.724. The van der Waals surface area contributed by atoms with Gasteiger partial charge in [-0.2, -0.15) is 0 Å². The summed E-state index contributed by atoms with van der Waals surface area (Å²) in [7, 11) is 1.66.